The lowest BCUT2D eigenvalue weighted by Crippen LogP contribution is -2.37. The van der Waals surface area contributed by atoms with E-state index in [4.69, 9.17) is 0 Å². The molecule has 0 N–H and O–H groups in total. The summed E-state index contributed by atoms with van der Waals surface area (Å²) in [6.45, 7) is 1.28. The molecule has 0 saturated heterocycles. The fraction of sp³-hybridized carbons (Fsp3) is 0.625. The second-order valence-corrected chi connectivity index (χ2v) is 5.57. The molecule has 1 saturated carbocycles. The second-order valence-electron chi connectivity index (χ2n) is 5.57. The SMILES string of the molecule is c1ccc2c(c1)CCCCN2C1CCCCC1. The Morgan fingerprint density at radius 1 is 0.882 bits per heavy atom. The zero-order chi connectivity index (χ0) is 11.5. The van der Waals surface area contributed by atoms with Crippen molar-refractivity contribution in [1.82, 2.24) is 0 Å². The molecule has 1 heteroatoms. The van der Waals surface area contributed by atoms with Crippen LogP contribution in [-0.2, 0) is 6.42 Å². The molecule has 0 unspecified atom stereocenters. The van der Waals surface area contributed by atoms with Crippen LogP contribution in [0.1, 0.15) is 50.5 Å². The van der Waals surface area contributed by atoms with Gasteiger partial charge < -0.3 is 4.90 Å². The Kier molecular flexibility index (Phi) is 3.35. The molecule has 92 valence electrons. The Balaban J connectivity index is 1.88. The number of fused-ring (bicyclic) bond motifs is 1. The van der Waals surface area contributed by atoms with Gasteiger partial charge in [-0.1, -0.05) is 37.5 Å². The van der Waals surface area contributed by atoms with Crippen molar-refractivity contribution in [3.8, 4) is 0 Å². The van der Waals surface area contributed by atoms with Crippen LogP contribution in [0.25, 0.3) is 0 Å². The van der Waals surface area contributed by atoms with Crippen LogP contribution in [0.2, 0.25) is 0 Å². The van der Waals surface area contributed by atoms with E-state index in [1.54, 1.807) is 5.56 Å². The van der Waals surface area contributed by atoms with E-state index < -0.39 is 0 Å². The minimum absolute atomic E-state index is 0.822. The number of aryl methyl sites for hydroxylation is 1. The molecule has 0 amide bonds. The minimum atomic E-state index is 0.822. The number of hydrogen-bond acceptors (Lipinski definition) is 1. The van der Waals surface area contributed by atoms with E-state index >= 15 is 0 Å². The van der Waals surface area contributed by atoms with Crippen molar-refractivity contribution in [3.05, 3.63) is 29.8 Å². The molecule has 0 radical (unpaired) electrons. The van der Waals surface area contributed by atoms with Crippen molar-refractivity contribution in [2.24, 2.45) is 0 Å². The van der Waals surface area contributed by atoms with Crippen LogP contribution in [0.5, 0.6) is 0 Å². The highest BCUT2D eigenvalue weighted by Gasteiger charge is 2.24. The predicted molar refractivity (Wildman–Crippen MR) is 73.6 cm³/mol. The zero-order valence-corrected chi connectivity index (χ0v) is 10.7. The molecule has 0 aromatic heterocycles. The van der Waals surface area contributed by atoms with Crippen molar-refractivity contribution >= 4 is 5.69 Å². The lowest BCUT2D eigenvalue weighted by atomic mass is 9.93. The Bertz CT molecular complexity index is 366. The summed E-state index contributed by atoms with van der Waals surface area (Å²) in [4.78, 5) is 2.72. The van der Waals surface area contributed by atoms with Crippen LogP contribution in [0, 0.1) is 0 Å². The number of benzene rings is 1. The summed E-state index contributed by atoms with van der Waals surface area (Å²) in [5.41, 5.74) is 3.12. The predicted octanol–water partition coefficient (Wildman–Crippen LogP) is 4.16. The minimum Gasteiger partial charge on any atom is -0.368 e. The fourth-order valence-electron chi connectivity index (χ4n) is 3.49. The Hall–Kier alpha value is -0.980. The van der Waals surface area contributed by atoms with E-state index in [1.807, 2.05) is 0 Å². The maximum atomic E-state index is 2.72. The average molecular weight is 229 g/mol. The molecule has 17 heavy (non-hydrogen) atoms. The van der Waals surface area contributed by atoms with Crippen molar-refractivity contribution in [2.45, 2.75) is 57.4 Å². The van der Waals surface area contributed by atoms with Gasteiger partial charge in [-0.2, -0.15) is 0 Å². The first-order valence-electron chi connectivity index (χ1n) is 7.30. The standard InChI is InChI=1S/C16H23N/c1-2-10-15(11-3-1)17-13-7-6-9-14-8-4-5-12-16(14)17/h4-5,8,12,15H,1-3,6-7,9-11,13H2. The van der Waals surface area contributed by atoms with E-state index in [-0.39, 0.29) is 0 Å². The van der Waals surface area contributed by atoms with Crippen molar-refractivity contribution in [3.63, 3.8) is 0 Å². The summed E-state index contributed by atoms with van der Waals surface area (Å²) in [5.74, 6) is 0. The zero-order valence-electron chi connectivity index (χ0n) is 10.7. The Morgan fingerprint density at radius 3 is 2.59 bits per heavy atom. The van der Waals surface area contributed by atoms with Crippen LogP contribution < -0.4 is 4.90 Å². The normalized spacial score (nSPS) is 22.0. The molecular weight excluding hydrogens is 206 g/mol. The quantitative estimate of drug-likeness (QED) is 0.699. The summed E-state index contributed by atoms with van der Waals surface area (Å²) in [6.07, 6.45) is 11.1. The highest BCUT2D eigenvalue weighted by atomic mass is 15.2. The van der Waals surface area contributed by atoms with Gasteiger partial charge in [0.2, 0.25) is 0 Å². The summed E-state index contributed by atoms with van der Waals surface area (Å²) in [7, 11) is 0. The van der Waals surface area contributed by atoms with Crippen LogP contribution in [0.3, 0.4) is 0 Å². The molecule has 3 rings (SSSR count). The number of para-hydroxylation sites is 1. The molecule has 1 fully saturated rings. The third-order valence-electron chi connectivity index (χ3n) is 4.41. The van der Waals surface area contributed by atoms with Gasteiger partial charge in [-0.25, -0.2) is 0 Å². The van der Waals surface area contributed by atoms with Gasteiger partial charge in [0.05, 0.1) is 0 Å². The van der Waals surface area contributed by atoms with Crippen molar-refractivity contribution in [2.75, 3.05) is 11.4 Å². The number of anilines is 1. The molecule has 1 aliphatic carbocycles. The summed E-state index contributed by atoms with van der Waals surface area (Å²) in [6, 6.07) is 9.90. The lowest BCUT2D eigenvalue weighted by Gasteiger charge is -2.36. The van der Waals surface area contributed by atoms with Gasteiger partial charge in [0.25, 0.3) is 0 Å². The average Bonchev–Trinajstić information content (AvgIpc) is 2.62. The topological polar surface area (TPSA) is 3.24 Å². The van der Waals surface area contributed by atoms with Gasteiger partial charge in [-0.3, -0.25) is 0 Å². The van der Waals surface area contributed by atoms with E-state index in [2.05, 4.69) is 29.2 Å². The third-order valence-corrected chi connectivity index (χ3v) is 4.41. The van der Waals surface area contributed by atoms with Crippen molar-refractivity contribution < 1.29 is 0 Å². The van der Waals surface area contributed by atoms with Gasteiger partial charge in [0, 0.05) is 18.3 Å². The van der Waals surface area contributed by atoms with E-state index in [0.717, 1.165) is 6.04 Å². The smallest absolute Gasteiger partial charge is 0.0401 e. The molecule has 1 aromatic carbocycles. The van der Waals surface area contributed by atoms with Gasteiger partial charge in [-0.05, 0) is 43.7 Å². The Morgan fingerprint density at radius 2 is 1.71 bits per heavy atom. The first kappa shape index (κ1) is 11.1. The highest BCUT2D eigenvalue weighted by molar-refractivity contribution is 5.55. The lowest BCUT2D eigenvalue weighted by molar-refractivity contribution is 0.413. The largest absolute Gasteiger partial charge is 0.368 e. The second kappa shape index (κ2) is 5.12. The first-order chi connectivity index (χ1) is 8.45. The van der Waals surface area contributed by atoms with Gasteiger partial charge in [0.15, 0.2) is 0 Å². The van der Waals surface area contributed by atoms with Crippen molar-refractivity contribution in [1.29, 1.82) is 0 Å². The number of hydrogen-bond donors (Lipinski definition) is 0. The highest BCUT2D eigenvalue weighted by Crippen LogP contribution is 2.32. The molecule has 0 atom stereocenters. The molecular formula is C16H23N. The molecule has 1 aromatic rings. The third kappa shape index (κ3) is 2.34. The molecule has 1 nitrogen and oxygen atoms in total. The summed E-state index contributed by atoms with van der Waals surface area (Å²) >= 11 is 0. The van der Waals surface area contributed by atoms with Crippen LogP contribution >= 0.6 is 0 Å². The molecule has 1 aliphatic heterocycles. The van der Waals surface area contributed by atoms with Crippen LogP contribution in [-0.4, -0.2) is 12.6 Å². The van der Waals surface area contributed by atoms with Crippen LogP contribution in [0.4, 0.5) is 5.69 Å². The summed E-state index contributed by atoms with van der Waals surface area (Å²) < 4.78 is 0. The van der Waals surface area contributed by atoms with Gasteiger partial charge in [-0.15, -0.1) is 0 Å². The fourth-order valence-corrected chi connectivity index (χ4v) is 3.49. The van der Waals surface area contributed by atoms with E-state index in [0.29, 0.717) is 0 Å². The molecule has 0 bridgehead atoms. The summed E-state index contributed by atoms with van der Waals surface area (Å²) in [5, 5.41) is 0. The van der Waals surface area contributed by atoms with Crippen LogP contribution in [0.15, 0.2) is 24.3 Å². The van der Waals surface area contributed by atoms with Gasteiger partial charge >= 0.3 is 0 Å². The van der Waals surface area contributed by atoms with Gasteiger partial charge in [0.1, 0.15) is 0 Å². The van der Waals surface area contributed by atoms with E-state index in [1.165, 1.54) is 63.6 Å². The molecule has 0 spiro atoms. The molecule has 1 heterocycles. The maximum absolute atomic E-state index is 2.72. The number of nitrogens with zero attached hydrogens (tertiary/aromatic N) is 1. The Labute approximate surface area is 105 Å². The monoisotopic (exact) mass is 229 g/mol. The molecule has 2 aliphatic rings. The first-order valence-corrected chi connectivity index (χ1v) is 7.30. The van der Waals surface area contributed by atoms with E-state index in [9.17, 15) is 0 Å². The maximum Gasteiger partial charge on any atom is 0.0401 e. The number of rotatable bonds is 1.